The van der Waals surface area contributed by atoms with Crippen LogP contribution in [0.5, 0.6) is 0 Å². The van der Waals surface area contributed by atoms with Gasteiger partial charge in [0, 0.05) is 25.2 Å². The number of halogens is 3. The Morgan fingerprint density at radius 3 is 2.04 bits per heavy atom. The van der Waals surface area contributed by atoms with Crippen molar-refractivity contribution in [3.05, 3.63) is 35.4 Å². The van der Waals surface area contributed by atoms with E-state index in [-0.39, 0.29) is 0 Å². The molecule has 0 saturated heterocycles. The largest absolute Gasteiger partial charge is 0.416 e. The van der Waals surface area contributed by atoms with E-state index in [2.05, 4.69) is 18.8 Å². The van der Waals surface area contributed by atoms with Crippen molar-refractivity contribution in [2.45, 2.75) is 70.9 Å². The lowest BCUT2D eigenvalue weighted by atomic mass is 10.1. The predicted molar refractivity (Wildman–Crippen MR) is 96.4 cm³/mol. The monoisotopic (exact) mass is 354 g/mol. The zero-order valence-electron chi connectivity index (χ0n) is 15.1. The van der Waals surface area contributed by atoms with Crippen LogP contribution in [-0.4, -0.2) is 13.2 Å². The first-order valence-electron chi connectivity index (χ1n) is 9.28. The lowest BCUT2D eigenvalue weighted by molar-refractivity contribution is -0.137. The number of alkyl halides is 3. The first-order chi connectivity index (χ1) is 12.0. The zero-order valence-corrected chi connectivity index (χ0v) is 15.1. The standard InChI is InChI=1S/C21H29F3O/c1-2-17-25-18-11-9-7-5-3-4-6-8-10-12-19-13-15-20(16-14-19)21(22,23)24/h13-16H,2-9,11,17-18H2,1H3. The highest BCUT2D eigenvalue weighted by atomic mass is 19.4. The van der Waals surface area contributed by atoms with Crippen molar-refractivity contribution in [2.24, 2.45) is 0 Å². The minimum absolute atomic E-state index is 0.630. The molecule has 0 aliphatic rings. The van der Waals surface area contributed by atoms with Gasteiger partial charge in [0.2, 0.25) is 0 Å². The molecular formula is C21H29F3O. The van der Waals surface area contributed by atoms with Gasteiger partial charge in [-0.05, 0) is 43.5 Å². The third-order valence-corrected chi connectivity index (χ3v) is 3.88. The van der Waals surface area contributed by atoms with E-state index in [1.165, 1.54) is 37.8 Å². The molecule has 0 atom stereocenters. The molecule has 0 aliphatic carbocycles. The summed E-state index contributed by atoms with van der Waals surface area (Å²) in [4.78, 5) is 0. The number of benzene rings is 1. The SMILES string of the molecule is CCCOCCCCCCCCCC#Cc1ccc(C(F)(F)F)cc1. The number of hydrogen-bond acceptors (Lipinski definition) is 1. The number of unbranched alkanes of at least 4 members (excludes halogenated alkanes) is 7. The van der Waals surface area contributed by atoms with Gasteiger partial charge in [0.15, 0.2) is 0 Å². The lowest BCUT2D eigenvalue weighted by Gasteiger charge is -2.05. The fourth-order valence-corrected chi connectivity index (χ4v) is 2.45. The fourth-order valence-electron chi connectivity index (χ4n) is 2.45. The van der Waals surface area contributed by atoms with Crippen LogP contribution in [0.4, 0.5) is 13.2 Å². The van der Waals surface area contributed by atoms with Crippen molar-refractivity contribution >= 4 is 0 Å². The molecule has 25 heavy (non-hydrogen) atoms. The second-order valence-electron chi connectivity index (χ2n) is 6.21. The third kappa shape index (κ3) is 10.9. The van der Waals surface area contributed by atoms with Crippen LogP contribution in [0.1, 0.15) is 75.8 Å². The van der Waals surface area contributed by atoms with Crippen LogP contribution in [0.15, 0.2) is 24.3 Å². The highest BCUT2D eigenvalue weighted by Crippen LogP contribution is 2.28. The molecule has 0 bridgehead atoms. The average Bonchev–Trinajstić information content (AvgIpc) is 2.58. The lowest BCUT2D eigenvalue weighted by Crippen LogP contribution is -2.04. The van der Waals surface area contributed by atoms with Crippen molar-refractivity contribution in [1.82, 2.24) is 0 Å². The minimum Gasteiger partial charge on any atom is -0.381 e. The summed E-state index contributed by atoms with van der Waals surface area (Å²) in [6.07, 6.45) is 5.92. The van der Waals surface area contributed by atoms with E-state index in [1.54, 1.807) is 0 Å². The Morgan fingerprint density at radius 1 is 0.840 bits per heavy atom. The summed E-state index contributed by atoms with van der Waals surface area (Å²) in [5.41, 5.74) is 0.00766. The first-order valence-corrected chi connectivity index (χ1v) is 9.28. The van der Waals surface area contributed by atoms with E-state index in [0.717, 1.165) is 57.5 Å². The maximum Gasteiger partial charge on any atom is 0.416 e. The Morgan fingerprint density at radius 2 is 1.44 bits per heavy atom. The highest BCUT2D eigenvalue weighted by Gasteiger charge is 2.29. The molecule has 0 fully saturated rings. The molecule has 1 aromatic rings. The van der Waals surface area contributed by atoms with Crippen LogP contribution in [0.2, 0.25) is 0 Å². The summed E-state index contributed by atoms with van der Waals surface area (Å²) in [5.74, 6) is 5.97. The Hall–Kier alpha value is -1.47. The molecule has 140 valence electrons. The molecule has 0 aromatic heterocycles. The van der Waals surface area contributed by atoms with Crippen molar-refractivity contribution in [2.75, 3.05) is 13.2 Å². The topological polar surface area (TPSA) is 9.23 Å². The van der Waals surface area contributed by atoms with Crippen LogP contribution < -0.4 is 0 Å². The normalized spacial score (nSPS) is 11.2. The Bertz CT molecular complexity index is 509. The maximum atomic E-state index is 12.4. The van der Waals surface area contributed by atoms with E-state index in [4.69, 9.17) is 4.74 Å². The van der Waals surface area contributed by atoms with Crippen LogP contribution in [0.25, 0.3) is 0 Å². The molecule has 4 heteroatoms. The van der Waals surface area contributed by atoms with Crippen LogP contribution in [-0.2, 0) is 10.9 Å². The molecule has 0 N–H and O–H groups in total. The summed E-state index contributed by atoms with van der Waals surface area (Å²) >= 11 is 0. The molecule has 0 radical (unpaired) electrons. The van der Waals surface area contributed by atoms with Crippen LogP contribution >= 0.6 is 0 Å². The molecule has 0 aliphatic heterocycles. The smallest absolute Gasteiger partial charge is 0.381 e. The van der Waals surface area contributed by atoms with Gasteiger partial charge in [-0.3, -0.25) is 0 Å². The fraction of sp³-hybridized carbons (Fsp3) is 0.619. The van der Waals surface area contributed by atoms with Crippen molar-refractivity contribution in [1.29, 1.82) is 0 Å². The van der Waals surface area contributed by atoms with Crippen LogP contribution in [0.3, 0.4) is 0 Å². The Kier molecular flexibility index (Phi) is 11.1. The predicted octanol–water partition coefficient (Wildman–Crippen LogP) is 6.60. The van der Waals surface area contributed by atoms with Crippen molar-refractivity contribution < 1.29 is 17.9 Å². The summed E-state index contributed by atoms with van der Waals surface area (Å²) in [7, 11) is 0. The average molecular weight is 354 g/mol. The minimum atomic E-state index is -4.28. The first kappa shape index (κ1) is 21.6. The summed E-state index contributed by atoms with van der Waals surface area (Å²) in [5, 5.41) is 0. The van der Waals surface area contributed by atoms with E-state index in [0.29, 0.717) is 5.56 Å². The molecular weight excluding hydrogens is 325 g/mol. The van der Waals surface area contributed by atoms with Crippen molar-refractivity contribution in [3.63, 3.8) is 0 Å². The van der Waals surface area contributed by atoms with Crippen LogP contribution in [0, 0.1) is 11.8 Å². The molecule has 1 nitrogen and oxygen atoms in total. The molecule has 0 heterocycles. The summed E-state index contributed by atoms with van der Waals surface area (Å²) in [6.45, 7) is 3.87. The number of hydrogen-bond donors (Lipinski definition) is 0. The Balaban J connectivity index is 2.02. The van der Waals surface area contributed by atoms with Gasteiger partial charge < -0.3 is 4.74 Å². The summed E-state index contributed by atoms with van der Waals surface area (Å²) in [6, 6.07) is 5.02. The maximum absolute atomic E-state index is 12.4. The molecule has 0 unspecified atom stereocenters. The molecule has 0 spiro atoms. The van der Waals surface area contributed by atoms with E-state index in [9.17, 15) is 13.2 Å². The summed E-state index contributed by atoms with van der Waals surface area (Å²) < 4.78 is 42.8. The Labute approximate surface area is 150 Å². The van der Waals surface area contributed by atoms with Gasteiger partial charge in [-0.25, -0.2) is 0 Å². The van der Waals surface area contributed by atoms with E-state index >= 15 is 0 Å². The second-order valence-corrected chi connectivity index (χ2v) is 6.21. The zero-order chi connectivity index (χ0) is 18.4. The van der Waals surface area contributed by atoms with E-state index in [1.807, 2.05) is 0 Å². The van der Waals surface area contributed by atoms with Gasteiger partial charge in [-0.15, -0.1) is 0 Å². The number of rotatable bonds is 11. The van der Waals surface area contributed by atoms with Crippen molar-refractivity contribution in [3.8, 4) is 11.8 Å². The van der Waals surface area contributed by atoms with Gasteiger partial charge in [-0.1, -0.05) is 50.9 Å². The quantitative estimate of drug-likeness (QED) is 0.321. The molecule has 0 saturated carbocycles. The molecule has 0 amide bonds. The van der Waals surface area contributed by atoms with Gasteiger partial charge in [0.05, 0.1) is 5.56 Å². The third-order valence-electron chi connectivity index (χ3n) is 3.88. The van der Waals surface area contributed by atoms with Gasteiger partial charge in [0.25, 0.3) is 0 Å². The highest BCUT2D eigenvalue weighted by molar-refractivity contribution is 5.36. The molecule has 1 rings (SSSR count). The number of ether oxygens (including phenoxy) is 1. The van der Waals surface area contributed by atoms with Gasteiger partial charge >= 0.3 is 6.18 Å². The van der Waals surface area contributed by atoms with Gasteiger partial charge in [0.1, 0.15) is 0 Å². The van der Waals surface area contributed by atoms with E-state index < -0.39 is 11.7 Å². The van der Waals surface area contributed by atoms with Gasteiger partial charge in [-0.2, -0.15) is 13.2 Å². The molecule has 1 aromatic carbocycles. The second kappa shape index (κ2) is 12.8.